The SMILES string of the molecule is COC1CN(CC(F)(F)F)CCC1C(C)(C)C. The summed E-state index contributed by atoms with van der Waals surface area (Å²) in [6.07, 6.45) is -3.46. The molecule has 0 bridgehead atoms. The van der Waals surface area contributed by atoms with E-state index in [9.17, 15) is 13.2 Å². The number of hydrogen-bond acceptors (Lipinski definition) is 2. The second-order valence-electron chi connectivity index (χ2n) is 5.89. The van der Waals surface area contributed by atoms with Crippen LogP contribution in [0.3, 0.4) is 0 Å². The normalized spacial score (nSPS) is 28.4. The average molecular weight is 253 g/mol. The van der Waals surface area contributed by atoms with Crippen molar-refractivity contribution in [2.24, 2.45) is 11.3 Å². The first kappa shape index (κ1) is 14.8. The van der Waals surface area contributed by atoms with Gasteiger partial charge in [-0.2, -0.15) is 13.2 Å². The van der Waals surface area contributed by atoms with Crippen molar-refractivity contribution in [1.29, 1.82) is 0 Å². The van der Waals surface area contributed by atoms with E-state index >= 15 is 0 Å². The van der Waals surface area contributed by atoms with Crippen molar-refractivity contribution in [2.75, 3.05) is 26.7 Å². The van der Waals surface area contributed by atoms with Gasteiger partial charge in [0.05, 0.1) is 12.6 Å². The lowest BCUT2D eigenvalue weighted by atomic mass is 9.73. The Hall–Kier alpha value is -0.290. The molecule has 0 aromatic heterocycles. The molecule has 0 amide bonds. The molecule has 0 saturated carbocycles. The van der Waals surface area contributed by atoms with E-state index < -0.39 is 12.7 Å². The van der Waals surface area contributed by atoms with Gasteiger partial charge < -0.3 is 4.74 Å². The van der Waals surface area contributed by atoms with Gasteiger partial charge in [0.2, 0.25) is 0 Å². The van der Waals surface area contributed by atoms with Gasteiger partial charge in [0.15, 0.2) is 0 Å². The molecule has 0 N–H and O–H groups in total. The van der Waals surface area contributed by atoms with Gasteiger partial charge in [-0.05, 0) is 24.3 Å². The van der Waals surface area contributed by atoms with E-state index in [4.69, 9.17) is 4.74 Å². The molecule has 1 aliphatic rings. The van der Waals surface area contributed by atoms with E-state index in [2.05, 4.69) is 20.8 Å². The van der Waals surface area contributed by atoms with Gasteiger partial charge in [-0.3, -0.25) is 4.90 Å². The van der Waals surface area contributed by atoms with E-state index in [1.54, 1.807) is 7.11 Å². The molecule has 1 rings (SSSR count). The van der Waals surface area contributed by atoms with Gasteiger partial charge in [0.1, 0.15) is 0 Å². The van der Waals surface area contributed by atoms with Crippen LogP contribution in [0.15, 0.2) is 0 Å². The monoisotopic (exact) mass is 253 g/mol. The molecular weight excluding hydrogens is 231 g/mol. The highest BCUT2D eigenvalue weighted by atomic mass is 19.4. The van der Waals surface area contributed by atoms with E-state index in [0.717, 1.165) is 6.42 Å². The quantitative estimate of drug-likeness (QED) is 0.750. The summed E-state index contributed by atoms with van der Waals surface area (Å²) in [6.45, 7) is 6.39. The van der Waals surface area contributed by atoms with Gasteiger partial charge in [-0.15, -0.1) is 0 Å². The number of halogens is 3. The number of piperidine rings is 1. The van der Waals surface area contributed by atoms with Crippen LogP contribution in [-0.2, 0) is 4.74 Å². The van der Waals surface area contributed by atoms with Gasteiger partial charge in [0, 0.05) is 13.7 Å². The summed E-state index contributed by atoms with van der Waals surface area (Å²) in [7, 11) is 1.58. The topological polar surface area (TPSA) is 12.5 Å². The molecule has 1 aliphatic heterocycles. The third-order valence-electron chi connectivity index (χ3n) is 3.46. The van der Waals surface area contributed by atoms with Crippen molar-refractivity contribution < 1.29 is 17.9 Å². The van der Waals surface area contributed by atoms with Crippen molar-refractivity contribution in [1.82, 2.24) is 4.90 Å². The zero-order chi connectivity index (χ0) is 13.3. The highest BCUT2D eigenvalue weighted by Crippen LogP contribution is 2.36. The van der Waals surface area contributed by atoms with E-state index in [1.807, 2.05) is 0 Å². The number of methoxy groups -OCH3 is 1. The first-order valence-electron chi connectivity index (χ1n) is 5.95. The van der Waals surface area contributed by atoms with E-state index in [1.165, 1.54) is 4.90 Å². The van der Waals surface area contributed by atoms with Gasteiger partial charge >= 0.3 is 6.18 Å². The molecule has 0 aliphatic carbocycles. The number of alkyl halides is 3. The second-order valence-corrected chi connectivity index (χ2v) is 5.89. The summed E-state index contributed by atoms with van der Waals surface area (Å²) in [4.78, 5) is 1.44. The van der Waals surface area contributed by atoms with Crippen LogP contribution in [0.1, 0.15) is 27.2 Å². The molecule has 0 aromatic rings. The maximum atomic E-state index is 12.3. The maximum Gasteiger partial charge on any atom is 0.401 e. The standard InChI is InChI=1S/C12H22F3NO/c1-11(2,3)9-5-6-16(7-10(9)17-4)8-12(13,14)15/h9-10H,5-8H2,1-4H3. The summed E-state index contributed by atoms with van der Waals surface area (Å²) >= 11 is 0. The lowest BCUT2D eigenvalue weighted by Crippen LogP contribution is -2.51. The van der Waals surface area contributed by atoms with Crippen LogP contribution in [0.5, 0.6) is 0 Å². The lowest BCUT2D eigenvalue weighted by molar-refractivity contribution is -0.158. The molecule has 1 heterocycles. The number of likely N-dealkylation sites (tertiary alicyclic amines) is 1. The summed E-state index contributed by atoms with van der Waals surface area (Å²) in [5.74, 6) is 0.317. The molecule has 2 nitrogen and oxygen atoms in total. The molecule has 2 unspecified atom stereocenters. The Kier molecular flexibility index (Phi) is 4.47. The van der Waals surface area contributed by atoms with Crippen LogP contribution in [0.4, 0.5) is 13.2 Å². The molecule has 17 heavy (non-hydrogen) atoms. The minimum atomic E-state index is -4.12. The van der Waals surface area contributed by atoms with Crippen LogP contribution >= 0.6 is 0 Å². The predicted octanol–water partition coefficient (Wildman–Crippen LogP) is 2.93. The van der Waals surface area contributed by atoms with Crippen molar-refractivity contribution in [3.05, 3.63) is 0 Å². The fraction of sp³-hybridized carbons (Fsp3) is 1.00. The highest BCUT2D eigenvalue weighted by Gasteiger charge is 2.40. The average Bonchev–Trinajstić information content (AvgIpc) is 2.13. The van der Waals surface area contributed by atoms with Gasteiger partial charge in [-0.25, -0.2) is 0 Å². The largest absolute Gasteiger partial charge is 0.401 e. The number of rotatable bonds is 2. The van der Waals surface area contributed by atoms with Crippen LogP contribution < -0.4 is 0 Å². The minimum absolute atomic E-state index is 0.0744. The summed E-state index contributed by atoms with van der Waals surface area (Å²) < 4.78 is 42.3. The van der Waals surface area contributed by atoms with Crippen LogP contribution in [0.25, 0.3) is 0 Å². The van der Waals surface area contributed by atoms with Crippen LogP contribution in [-0.4, -0.2) is 43.9 Å². The summed E-state index contributed by atoms with van der Waals surface area (Å²) in [5.41, 5.74) is 0.0744. The number of hydrogen-bond donors (Lipinski definition) is 0. The lowest BCUT2D eigenvalue weighted by Gasteiger charge is -2.43. The Labute approximate surface area is 101 Å². The summed E-state index contributed by atoms with van der Waals surface area (Å²) in [6, 6.07) is 0. The Bertz CT molecular complexity index is 247. The molecule has 102 valence electrons. The third kappa shape index (κ3) is 4.47. The third-order valence-corrected chi connectivity index (χ3v) is 3.46. The molecule has 1 saturated heterocycles. The van der Waals surface area contributed by atoms with Gasteiger partial charge in [0.25, 0.3) is 0 Å². The molecular formula is C12H22F3NO. The Morgan fingerprint density at radius 1 is 1.24 bits per heavy atom. The number of nitrogens with zero attached hydrogens (tertiary/aromatic N) is 1. The van der Waals surface area contributed by atoms with Crippen molar-refractivity contribution >= 4 is 0 Å². The minimum Gasteiger partial charge on any atom is -0.380 e. The first-order chi connectivity index (χ1) is 7.63. The van der Waals surface area contributed by atoms with Gasteiger partial charge in [-0.1, -0.05) is 20.8 Å². The predicted molar refractivity (Wildman–Crippen MR) is 60.9 cm³/mol. The van der Waals surface area contributed by atoms with E-state index in [0.29, 0.717) is 19.0 Å². The summed E-state index contributed by atoms with van der Waals surface area (Å²) in [5, 5.41) is 0. The molecule has 0 aromatic carbocycles. The Morgan fingerprint density at radius 2 is 1.82 bits per heavy atom. The molecule has 1 fully saturated rings. The van der Waals surface area contributed by atoms with Crippen LogP contribution in [0, 0.1) is 11.3 Å². The van der Waals surface area contributed by atoms with Crippen molar-refractivity contribution in [3.8, 4) is 0 Å². The van der Waals surface area contributed by atoms with Crippen LogP contribution in [0.2, 0.25) is 0 Å². The van der Waals surface area contributed by atoms with E-state index in [-0.39, 0.29) is 11.5 Å². The second kappa shape index (κ2) is 5.14. The smallest absolute Gasteiger partial charge is 0.380 e. The molecule has 0 radical (unpaired) electrons. The Morgan fingerprint density at radius 3 is 2.24 bits per heavy atom. The van der Waals surface area contributed by atoms with Crippen molar-refractivity contribution in [3.63, 3.8) is 0 Å². The zero-order valence-corrected chi connectivity index (χ0v) is 11.0. The number of ether oxygens (including phenoxy) is 1. The fourth-order valence-electron chi connectivity index (χ4n) is 2.61. The zero-order valence-electron chi connectivity index (χ0n) is 11.0. The van der Waals surface area contributed by atoms with Crippen molar-refractivity contribution in [2.45, 2.75) is 39.5 Å². The molecule has 5 heteroatoms. The molecule has 0 spiro atoms. The fourth-order valence-corrected chi connectivity index (χ4v) is 2.61. The maximum absolute atomic E-state index is 12.3. The Balaban J connectivity index is 2.61. The highest BCUT2D eigenvalue weighted by molar-refractivity contribution is 4.88. The first-order valence-corrected chi connectivity index (χ1v) is 5.95. The molecule has 2 atom stereocenters.